The highest BCUT2D eigenvalue weighted by molar-refractivity contribution is 7.14. The molecular formula is C20H20FN3OS. The van der Waals surface area contributed by atoms with Gasteiger partial charge in [-0.2, -0.15) is 5.10 Å². The third-order valence-electron chi connectivity index (χ3n) is 3.66. The van der Waals surface area contributed by atoms with Crippen LogP contribution in [0.5, 0.6) is 5.75 Å². The second-order valence-electron chi connectivity index (χ2n) is 5.67. The van der Waals surface area contributed by atoms with E-state index in [1.807, 2.05) is 35.7 Å². The molecular weight excluding hydrogens is 349 g/mol. The Morgan fingerprint density at radius 2 is 2.08 bits per heavy atom. The van der Waals surface area contributed by atoms with Gasteiger partial charge in [-0.3, -0.25) is 5.43 Å². The Hall–Kier alpha value is -2.73. The normalized spacial score (nSPS) is 11.0. The lowest BCUT2D eigenvalue weighted by Gasteiger charge is -2.07. The third kappa shape index (κ3) is 4.89. The first-order valence-corrected chi connectivity index (χ1v) is 9.36. The number of nitrogens with zero attached hydrogens (tertiary/aromatic N) is 2. The molecule has 0 aliphatic rings. The molecule has 0 saturated carbocycles. The molecule has 1 heterocycles. The highest BCUT2D eigenvalue weighted by atomic mass is 32.1. The number of rotatable bonds is 8. The molecule has 0 saturated heterocycles. The molecule has 2 aromatic carbocycles. The van der Waals surface area contributed by atoms with Crippen molar-refractivity contribution in [3.63, 3.8) is 0 Å². The molecule has 26 heavy (non-hydrogen) atoms. The first-order chi connectivity index (χ1) is 12.8. The summed E-state index contributed by atoms with van der Waals surface area (Å²) in [5, 5.41) is 6.85. The highest BCUT2D eigenvalue weighted by Gasteiger charge is 2.05. The number of hydrazone groups is 1. The smallest absolute Gasteiger partial charge is 0.203 e. The van der Waals surface area contributed by atoms with Gasteiger partial charge in [-0.15, -0.1) is 11.3 Å². The van der Waals surface area contributed by atoms with Crippen LogP contribution in [0.1, 0.15) is 25.3 Å². The van der Waals surface area contributed by atoms with Crippen molar-refractivity contribution in [3.05, 3.63) is 65.3 Å². The second-order valence-corrected chi connectivity index (χ2v) is 6.52. The maximum absolute atomic E-state index is 13.8. The van der Waals surface area contributed by atoms with Crippen LogP contribution in [0.3, 0.4) is 0 Å². The van der Waals surface area contributed by atoms with Crippen LogP contribution < -0.4 is 10.2 Å². The van der Waals surface area contributed by atoms with Gasteiger partial charge in [-0.1, -0.05) is 49.7 Å². The number of anilines is 1. The van der Waals surface area contributed by atoms with Gasteiger partial charge in [0, 0.05) is 10.9 Å². The van der Waals surface area contributed by atoms with Crippen LogP contribution in [0, 0.1) is 5.82 Å². The average molecular weight is 369 g/mol. The zero-order chi connectivity index (χ0) is 18.2. The fourth-order valence-electron chi connectivity index (χ4n) is 2.27. The van der Waals surface area contributed by atoms with Crippen molar-refractivity contribution in [3.8, 4) is 17.0 Å². The first kappa shape index (κ1) is 18.1. The van der Waals surface area contributed by atoms with Gasteiger partial charge >= 0.3 is 0 Å². The number of ether oxygens (including phenoxy) is 1. The van der Waals surface area contributed by atoms with Crippen molar-refractivity contribution in [1.29, 1.82) is 0 Å². The van der Waals surface area contributed by atoms with Crippen molar-refractivity contribution in [2.45, 2.75) is 19.8 Å². The Labute approximate surface area is 156 Å². The number of aromatic nitrogens is 1. The number of unbranched alkanes of at least 4 members (excludes halogenated alkanes) is 1. The quantitative estimate of drug-likeness (QED) is 0.320. The molecule has 1 N–H and O–H groups in total. The van der Waals surface area contributed by atoms with Crippen LogP contribution >= 0.6 is 11.3 Å². The molecule has 3 rings (SSSR count). The lowest BCUT2D eigenvalue weighted by molar-refractivity contribution is 0.294. The number of halogens is 1. The number of thiazole rings is 1. The van der Waals surface area contributed by atoms with Crippen LogP contribution in [0.15, 0.2) is 59.0 Å². The van der Waals surface area contributed by atoms with Gasteiger partial charge in [0.25, 0.3) is 0 Å². The molecule has 0 radical (unpaired) electrons. The maximum Gasteiger partial charge on any atom is 0.203 e. The van der Waals surface area contributed by atoms with E-state index in [1.54, 1.807) is 18.3 Å². The lowest BCUT2D eigenvalue weighted by Crippen LogP contribution is -1.99. The largest absolute Gasteiger partial charge is 0.490 e. The summed E-state index contributed by atoms with van der Waals surface area (Å²) in [7, 11) is 0. The van der Waals surface area contributed by atoms with E-state index in [0.717, 1.165) is 29.7 Å². The van der Waals surface area contributed by atoms with Crippen LogP contribution in [0.25, 0.3) is 11.3 Å². The van der Waals surface area contributed by atoms with Crippen LogP contribution in [0.2, 0.25) is 0 Å². The maximum atomic E-state index is 13.8. The Morgan fingerprint density at radius 3 is 2.88 bits per heavy atom. The summed E-state index contributed by atoms with van der Waals surface area (Å²) in [4.78, 5) is 4.50. The monoisotopic (exact) mass is 369 g/mol. The fraction of sp³-hybridized carbons (Fsp3) is 0.200. The molecule has 1 aromatic heterocycles. The van der Waals surface area contributed by atoms with Crippen molar-refractivity contribution in [2.24, 2.45) is 5.10 Å². The van der Waals surface area contributed by atoms with Gasteiger partial charge in [0.1, 0.15) is 0 Å². The van der Waals surface area contributed by atoms with Gasteiger partial charge < -0.3 is 4.74 Å². The molecule has 0 fully saturated rings. The van der Waals surface area contributed by atoms with E-state index in [0.29, 0.717) is 11.7 Å². The van der Waals surface area contributed by atoms with E-state index in [2.05, 4.69) is 22.4 Å². The van der Waals surface area contributed by atoms with Crippen LogP contribution in [-0.4, -0.2) is 17.8 Å². The molecule has 0 atom stereocenters. The highest BCUT2D eigenvalue weighted by Crippen LogP contribution is 2.24. The summed E-state index contributed by atoms with van der Waals surface area (Å²) < 4.78 is 19.2. The Morgan fingerprint density at radius 1 is 1.23 bits per heavy atom. The standard InChI is InChI=1S/C20H20FN3OS/c1-2-3-11-25-19-12-15(9-10-17(19)21)13-22-24-20-23-18(14-26-20)16-7-5-4-6-8-16/h4-10,12-14H,2-3,11H2,1H3,(H,23,24). The van der Waals surface area contributed by atoms with Gasteiger partial charge in [0.15, 0.2) is 11.6 Å². The van der Waals surface area contributed by atoms with E-state index >= 15 is 0 Å². The summed E-state index contributed by atoms with van der Waals surface area (Å²) >= 11 is 1.48. The number of hydrogen-bond acceptors (Lipinski definition) is 5. The minimum absolute atomic E-state index is 0.253. The molecule has 0 aliphatic carbocycles. The fourth-order valence-corrected chi connectivity index (χ4v) is 2.93. The van der Waals surface area contributed by atoms with E-state index in [4.69, 9.17) is 4.74 Å². The topological polar surface area (TPSA) is 46.5 Å². The van der Waals surface area contributed by atoms with Gasteiger partial charge in [-0.05, 0) is 24.1 Å². The summed E-state index contributed by atoms with van der Waals surface area (Å²) in [5.41, 5.74) is 5.63. The Balaban J connectivity index is 1.62. The SMILES string of the molecule is CCCCOc1cc(C=NNc2nc(-c3ccccc3)cs2)ccc1F. The van der Waals surface area contributed by atoms with E-state index in [1.165, 1.54) is 17.4 Å². The Bertz CT molecular complexity index is 865. The van der Waals surface area contributed by atoms with Crippen molar-refractivity contribution >= 4 is 22.7 Å². The number of hydrogen-bond donors (Lipinski definition) is 1. The van der Waals surface area contributed by atoms with E-state index < -0.39 is 0 Å². The molecule has 0 unspecified atom stereocenters. The average Bonchev–Trinajstić information content (AvgIpc) is 3.14. The predicted octanol–water partition coefficient (Wildman–Crippen LogP) is 5.57. The molecule has 6 heteroatoms. The summed E-state index contributed by atoms with van der Waals surface area (Å²) in [6, 6.07) is 14.7. The Kier molecular flexibility index (Phi) is 6.33. The zero-order valence-electron chi connectivity index (χ0n) is 14.5. The molecule has 4 nitrogen and oxygen atoms in total. The van der Waals surface area contributed by atoms with Crippen molar-refractivity contribution in [2.75, 3.05) is 12.0 Å². The van der Waals surface area contributed by atoms with Crippen LogP contribution in [0.4, 0.5) is 9.52 Å². The predicted molar refractivity (Wildman–Crippen MR) is 106 cm³/mol. The summed E-state index contributed by atoms with van der Waals surface area (Å²) in [6.45, 7) is 2.57. The third-order valence-corrected chi connectivity index (χ3v) is 4.41. The zero-order valence-corrected chi connectivity index (χ0v) is 15.3. The lowest BCUT2D eigenvalue weighted by atomic mass is 10.2. The summed E-state index contributed by atoms with van der Waals surface area (Å²) in [5.74, 6) is -0.110. The molecule has 3 aromatic rings. The van der Waals surface area contributed by atoms with Crippen molar-refractivity contribution < 1.29 is 9.13 Å². The molecule has 0 amide bonds. The van der Waals surface area contributed by atoms with E-state index in [9.17, 15) is 4.39 Å². The molecule has 0 aliphatic heterocycles. The second kappa shape index (κ2) is 9.10. The molecule has 0 spiro atoms. The van der Waals surface area contributed by atoms with Gasteiger partial charge in [0.2, 0.25) is 5.13 Å². The molecule has 0 bridgehead atoms. The van der Waals surface area contributed by atoms with Crippen LogP contribution in [-0.2, 0) is 0 Å². The minimum Gasteiger partial charge on any atom is -0.490 e. The minimum atomic E-state index is -0.362. The number of nitrogens with one attached hydrogen (secondary N) is 1. The van der Waals surface area contributed by atoms with E-state index in [-0.39, 0.29) is 11.6 Å². The number of benzene rings is 2. The van der Waals surface area contributed by atoms with Gasteiger partial charge in [0.05, 0.1) is 18.5 Å². The molecule has 134 valence electrons. The van der Waals surface area contributed by atoms with Gasteiger partial charge in [-0.25, -0.2) is 9.37 Å². The van der Waals surface area contributed by atoms with Crippen molar-refractivity contribution in [1.82, 2.24) is 4.98 Å². The first-order valence-electron chi connectivity index (χ1n) is 8.48. The summed E-state index contributed by atoms with van der Waals surface area (Å²) in [6.07, 6.45) is 3.52.